The smallest absolute Gasteiger partial charge is 0.269 e. The van der Waals surface area contributed by atoms with Crippen LogP contribution in [-0.4, -0.2) is 30.5 Å². The van der Waals surface area contributed by atoms with Crippen LogP contribution in [0.3, 0.4) is 0 Å². The Balaban J connectivity index is 1.48. The molecule has 6 nitrogen and oxygen atoms in total. The number of non-ortho nitro benzene ring substituents is 1. The molecule has 0 radical (unpaired) electrons. The third-order valence-corrected chi connectivity index (χ3v) is 4.95. The molecule has 0 saturated carbocycles. The number of nitro benzene ring substituents is 1. The number of carbonyl (C=O) groups excluding carboxylic acids is 1. The highest BCUT2D eigenvalue weighted by Gasteiger charge is 2.11. The maximum Gasteiger partial charge on any atom is 0.269 e. The predicted molar refractivity (Wildman–Crippen MR) is 106 cm³/mol. The minimum absolute atomic E-state index is 0.0175. The number of carbonyl (C=O) groups is 1. The van der Waals surface area contributed by atoms with Gasteiger partial charge in [-0.05, 0) is 49.1 Å². The topological polar surface area (TPSA) is 75.5 Å². The van der Waals surface area contributed by atoms with Gasteiger partial charge in [-0.15, -0.1) is 0 Å². The summed E-state index contributed by atoms with van der Waals surface area (Å²) in [5.74, 6) is -0.217. The van der Waals surface area contributed by atoms with Crippen LogP contribution in [0.2, 0.25) is 0 Å². The number of amides is 1. The van der Waals surface area contributed by atoms with Gasteiger partial charge >= 0.3 is 0 Å². The highest BCUT2D eigenvalue weighted by Crippen LogP contribution is 2.20. The first-order valence-corrected chi connectivity index (χ1v) is 9.50. The van der Waals surface area contributed by atoms with E-state index in [1.165, 1.54) is 61.2 Å². The maximum absolute atomic E-state index is 12.1. The van der Waals surface area contributed by atoms with E-state index in [0.29, 0.717) is 12.1 Å². The summed E-state index contributed by atoms with van der Waals surface area (Å²) < 4.78 is 0. The fourth-order valence-electron chi connectivity index (χ4n) is 3.36. The monoisotopic (exact) mass is 367 g/mol. The molecule has 3 rings (SSSR count). The van der Waals surface area contributed by atoms with Crippen LogP contribution in [0.25, 0.3) is 0 Å². The van der Waals surface area contributed by atoms with Crippen molar-refractivity contribution in [1.29, 1.82) is 0 Å². The molecule has 1 aliphatic rings. The molecule has 142 valence electrons. The third-order valence-electron chi connectivity index (χ3n) is 4.95. The molecule has 0 bridgehead atoms. The van der Waals surface area contributed by atoms with Crippen molar-refractivity contribution in [2.24, 2.45) is 0 Å². The summed E-state index contributed by atoms with van der Waals surface area (Å²) >= 11 is 0. The van der Waals surface area contributed by atoms with Crippen molar-refractivity contribution in [1.82, 2.24) is 5.32 Å². The second kappa shape index (κ2) is 9.16. The quantitative estimate of drug-likeness (QED) is 0.620. The first kappa shape index (κ1) is 18.9. The Bertz CT molecular complexity index is 764. The van der Waals surface area contributed by atoms with E-state index >= 15 is 0 Å². The van der Waals surface area contributed by atoms with E-state index in [2.05, 4.69) is 34.5 Å². The van der Waals surface area contributed by atoms with Gasteiger partial charge in [-0.25, -0.2) is 0 Å². The Morgan fingerprint density at radius 3 is 2.19 bits per heavy atom. The zero-order valence-electron chi connectivity index (χ0n) is 15.4. The van der Waals surface area contributed by atoms with Crippen LogP contribution in [0.15, 0.2) is 48.5 Å². The van der Waals surface area contributed by atoms with Gasteiger partial charge in [0, 0.05) is 43.0 Å². The van der Waals surface area contributed by atoms with Gasteiger partial charge in [-0.3, -0.25) is 14.9 Å². The van der Waals surface area contributed by atoms with Gasteiger partial charge in [-0.2, -0.15) is 0 Å². The molecule has 1 amide bonds. The van der Waals surface area contributed by atoms with Crippen molar-refractivity contribution in [2.45, 2.75) is 32.1 Å². The van der Waals surface area contributed by atoms with E-state index in [0.717, 1.165) is 19.5 Å². The van der Waals surface area contributed by atoms with Crippen molar-refractivity contribution in [2.75, 3.05) is 24.5 Å². The van der Waals surface area contributed by atoms with Crippen LogP contribution in [0.1, 0.15) is 41.6 Å². The Kier molecular flexibility index (Phi) is 6.41. The van der Waals surface area contributed by atoms with Crippen molar-refractivity contribution in [3.05, 3.63) is 69.8 Å². The molecule has 1 saturated heterocycles. The molecule has 6 heteroatoms. The van der Waals surface area contributed by atoms with Gasteiger partial charge in [0.2, 0.25) is 0 Å². The van der Waals surface area contributed by atoms with Gasteiger partial charge in [0.15, 0.2) is 0 Å². The average Bonchev–Trinajstić information content (AvgIpc) is 2.98. The Hall–Kier alpha value is -2.89. The minimum atomic E-state index is -0.475. The molecule has 27 heavy (non-hydrogen) atoms. The maximum atomic E-state index is 12.1. The summed E-state index contributed by atoms with van der Waals surface area (Å²) in [6, 6.07) is 14.2. The van der Waals surface area contributed by atoms with Gasteiger partial charge in [-0.1, -0.05) is 25.0 Å². The number of benzene rings is 2. The zero-order valence-corrected chi connectivity index (χ0v) is 15.4. The van der Waals surface area contributed by atoms with Crippen molar-refractivity contribution < 1.29 is 9.72 Å². The van der Waals surface area contributed by atoms with E-state index in [9.17, 15) is 14.9 Å². The Morgan fingerprint density at radius 2 is 1.59 bits per heavy atom. The summed E-state index contributed by atoms with van der Waals surface area (Å²) in [6.07, 6.45) is 5.91. The SMILES string of the molecule is O=C(NCCc1ccc(N2CCCCCC2)cc1)c1ccc([N+](=O)[O-])cc1. The van der Waals surface area contributed by atoms with Crippen LogP contribution in [0, 0.1) is 10.1 Å². The number of nitrogens with one attached hydrogen (secondary N) is 1. The first-order valence-electron chi connectivity index (χ1n) is 9.50. The van der Waals surface area contributed by atoms with Crippen molar-refractivity contribution >= 4 is 17.3 Å². The molecule has 0 spiro atoms. The lowest BCUT2D eigenvalue weighted by Gasteiger charge is -2.22. The molecule has 0 unspecified atom stereocenters. The standard InChI is InChI=1S/C21H25N3O3/c25-21(18-7-11-20(12-8-18)24(26)27)22-14-13-17-5-9-19(10-6-17)23-15-3-1-2-4-16-23/h5-12H,1-4,13-16H2,(H,22,25). The Labute approximate surface area is 159 Å². The second-order valence-corrected chi connectivity index (χ2v) is 6.88. The lowest BCUT2D eigenvalue weighted by atomic mass is 10.1. The number of anilines is 1. The lowest BCUT2D eigenvalue weighted by Crippen LogP contribution is -2.25. The molecule has 1 heterocycles. The van der Waals surface area contributed by atoms with Crippen LogP contribution in [-0.2, 0) is 6.42 Å². The summed E-state index contributed by atoms with van der Waals surface area (Å²) in [6.45, 7) is 2.79. The van der Waals surface area contributed by atoms with Crippen molar-refractivity contribution in [3.63, 3.8) is 0 Å². The fraction of sp³-hybridized carbons (Fsp3) is 0.381. The van der Waals surface area contributed by atoms with E-state index in [1.807, 2.05) is 0 Å². The van der Waals surface area contributed by atoms with Gasteiger partial charge in [0.1, 0.15) is 0 Å². The summed E-state index contributed by atoms with van der Waals surface area (Å²) in [5, 5.41) is 13.5. The summed E-state index contributed by atoms with van der Waals surface area (Å²) in [4.78, 5) is 24.8. The summed E-state index contributed by atoms with van der Waals surface area (Å²) in [7, 11) is 0. The number of hydrogen-bond acceptors (Lipinski definition) is 4. The van der Waals surface area contributed by atoms with E-state index in [4.69, 9.17) is 0 Å². The first-order chi connectivity index (χ1) is 13.1. The predicted octanol–water partition coefficient (Wildman–Crippen LogP) is 3.95. The number of nitrogens with zero attached hydrogens (tertiary/aromatic N) is 2. The number of nitro groups is 1. The van der Waals surface area contributed by atoms with Crippen LogP contribution >= 0.6 is 0 Å². The lowest BCUT2D eigenvalue weighted by molar-refractivity contribution is -0.384. The molecule has 0 aliphatic carbocycles. The molecular weight excluding hydrogens is 342 g/mol. The number of hydrogen-bond donors (Lipinski definition) is 1. The van der Waals surface area contributed by atoms with Crippen LogP contribution in [0.4, 0.5) is 11.4 Å². The van der Waals surface area contributed by atoms with Gasteiger partial charge in [0.25, 0.3) is 11.6 Å². The van der Waals surface area contributed by atoms with Gasteiger partial charge in [0.05, 0.1) is 4.92 Å². The second-order valence-electron chi connectivity index (χ2n) is 6.88. The van der Waals surface area contributed by atoms with Crippen LogP contribution < -0.4 is 10.2 Å². The molecule has 2 aromatic carbocycles. The highest BCUT2D eigenvalue weighted by molar-refractivity contribution is 5.94. The van der Waals surface area contributed by atoms with Crippen molar-refractivity contribution in [3.8, 4) is 0 Å². The van der Waals surface area contributed by atoms with E-state index in [1.54, 1.807) is 0 Å². The molecular formula is C21H25N3O3. The molecule has 2 aromatic rings. The molecule has 0 atom stereocenters. The van der Waals surface area contributed by atoms with E-state index in [-0.39, 0.29) is 11.6 Å². The van der Waals surface area contributed by atoms with Crippen LogP contribution in [0.5, 0.6) is 0 Å². The molecule has 0 aromatic heterocycles. The Morgan fingerprint density at radius 1 is 0.963 bits per heavy atom. The third kappa shape index (κ3) is 5.29. The summed E-state index contributed by atoms with van der Waals surface area (Å²) in [5.41, 5.74) is 2.86. The number of rotatable bonds is 6. The largest absolute Gasteiger partial charge is 0.372 e. The zero-order chi connectivity index (χ0) is 19.1. The average molecular weight is 367 g/mol. The molecule has 1 N–H and O–H groups in total. The normalized spacial score (nSPS) is 14.4. The molecule has 1 fully saturated rings. The highest BCUT2D eigenvalue weighted by atomic mass is 16.6. The van der Waals surface area contributed by atoms with Gasteiger partial charge < -0.3 is 10.2 Å². The molecule has 1 aliphatic heterocycles. The fourth-order valence-corrected chi connectivity index (χ4v) is 3.36. The van der Waals surface area contributed by atoms with E-state index < -0.39 is 4.92 Å². The minimum Gasteiger partial charge on any atom is -0.372 e.